The second-order valence-corrected chi connectivity index (χ2v) is 8.76. The summed E-state index contributed by atoms with van der Waals surface area (Å²) < 4.78 is 43.4. The van der Waals surface area contributed by atoms with E-state index in [4.69, 9.17) is 14.2 Å². The van der Waals surface area contributed by atoms with E-state index in [1.165, 1.54) is 7.11 Å². The first kappa shape index (κ1) is 24.5. The van der Waals surface area contributed by atoms with Gasteiger partial charge < -0.3 is 19.5 Å². The van der Waals surface area contributed by atoms with Crippen LogP contribution in [0.5, 0.6) is 17.2 Å². The highest BCUT2D eigenvalue weighted by Gasteiger charge is 2.20. The number of sulfonamides is 1. The molecule has 0 aliphatic carbocycles. The molecular weight excluding hydrogens is 420 g/mol. The fraction of sp³-hybridized carbons (Fsp3) is 0.409. The molecule has 0 radical (unpaired) electrons. The van der Waals surface area contributed by atoms with E-state index in [0.717, 1.165) is 16.7 Å². The minimum atomic E-state index is -3.76. The smallest absolute Gasteiger partial charge is 0.244 e. The number of hydrogen-bond acceptors (Lipinski definition) is 6. The van der Waals surface area contributed by atoms with Gasteiger partial charge in [-0.15, -0.1) is 0 Å². The summed E-state index contributed by atoms with van der Waals surface area (Å²) in [7, 11) is 0.794. The molecule has 0 aromatic heterocycles. The predicted octanol–water partition coefficient (Wildman–Crippen LogP) is 2.36. The highest BCUT2D eigenvalue weighted by molar-refractivity contribution is 7.89. The maximum Gasteiger partial charge on any atom is 0.244 e. The summed E-state index contributed by atoms with van der Waals surface area (Å²) >= 11 is 0. The molecule has 2 rings (SSSR count). The molecule has 0 atom stereocenters. The van der Waals surface area contributed by atoms with Gasteiger partial charge in [0.1, 0.15) is 10.6 Å². The van der Waals surface area contributed by atoms with Gasteiger partial charge in [0.15, 0.2) is 11.5 Å². The number of carbonyl (C=O) groups excluding carboxylic acids is 1. The van der Waals surface area contributed by atoms with E-state index in [1.54, 1.807) is 32.4 Å². The summed E-state index contributed by atoms with van der Waals surface area (Å²) in [5.41, 5.74) is 2.73. The van der Waals surface area contributed by atoms with Crippen LogP contribution < -0.4 is 24.2 Å². The van der Waals surface area contributed by atoms with Gasteiger partial charge >= 0.3 is 0 Å². The molecule has 0 saturated heterocycles. The van der Waals surface area contributed by atoms with Gasteiger partial charge in [0, 0.05) is 19.5 Å². The van der Waals surface area contributed by atoms with Crippen molar-refractivity contribution in [3.63, 3.8) is 0 Å². The number of rotatable bonds is 11. The average Bonchev–Trinajstić information content (AvgIpc) is 2.76. The van der Waals surface area contributed by atoms with Crippen LogP contribution in [-0.2, 0) is 21.2 Å². The van der Waals surface area contributed by atoms with Gasteiger partial charge in [0.25, 0.3) is 0 Å². The Balaban J connectivity index is 1.84. The Morgan fingerprint density at radius 2 is 1.52 bits per heavy atom. The van der Waals surface area contributed by atoms with E-state index in [9.17, 15) is 13.2 Å². The van der Waals surface area contributed by atoms with Crippen LogP contribution in [-0.4, -0.2) is 48.7 Å². The number of benzene rings is 2. The lowest BCUT2D eigenvalue weighted by Crippen LogP contribution is -2.35. The Labute approximate surface area is 184 Å². The third kappa shape index (κ3) is 6.60. The minimum Gasteiger partial charge on any atom is -0.495 e. The first-order valence-electron chi connectivity index (χ1n) is 9.84. The topological polar surface area (TPSA) is 103 Å². The normalized spacial score (nSPS) is 11.1. The highest BCUT2D eigenvalue weighted by Crippen LogP contribution is 2.28. The van der Waals surface area contributed by atoms with Gasteiger partial charge in [-0.05, 0) is 61.2 Å². The first-order valence-corrected chi connectivity index (χ1v) is 11.3. The van der Waals surface area contributed by atoms with Crippen LogP contribution in [0.15, 0.2) is 35.2 Å². The zero-order valence-electron chi connectivity index (χ0n) is 18.6. The summed E-state index contributed by atoms with van der Waals surface area (Å²) in [6.45, 7) is 3.98. The zero-order chi connectivity index (χ0) is 23.0. The van der Waals surface area contributed by atoms with Gasteiger partial charge in [-0.2, -0.15) is 0 Å². The van der Waals surface area contributed by atoms with Gasteiger partial charge in [-0.25, -0.2) is 13.1 Å². The molecule has 0 spiro atoms. The Kier molecular flexibility index (Phi) is 8.70. The number of methoxy groups -OCH3 is 3. The summed E-state index contributed by atoms with van der Waals surface area (Å²) in [6, 6.07) is 8.77. The quantitative estimate of drug-likeness (QED) is 0.510. The Morgan fingerprint density at radius 1 is 0.871 bits per heavy atom. The minimum absolute atomic E-state index is 0.0700. The zero-order valence-corrected chi connectivity index (χ0v) is 19.4. The van der Waals surface area contributed by atoms with Crippen molar-refractivity contribution < 1.29 is 27.4 Å². The Morgan fingerprint density at radius 3 is 2.16 bits per heavy atom. The lowest BCUT2D eigenvalue weighted by molar-refractivity contribution is -0.121. The van der Waals surface area contributed by atoms with Crippen molar-refractivity contribution in [1.29, 1.82) is 0 Å². The summed E-state index contributed by atoms with van der Waals surface area (Å²) in [5.74, 6) is 1.35. The van der Waals surface area contributed by atoms with Crippen LogP contribution in [0.4, 0.5) is 0 Å². The molecule has 1 amide bonds. The van der Waals surface area contributed by atoms with E-state index in [2.05, 4.69) is 10.0 Å². The van der Waals surface area contributed by atoms with Gasteiger partial charge in [-0.3, -0.25) is 4.79 Å². The number of carbonyl (C=O) groups is 1. The van der Waals surface area contributed by atoms with Crippen LogP contribution >= 0.6 is 0 Å². The molecule has 0 aliphatic heterocycles. The Hall–Kier alpha value is -2.78. The van der Waals surface area contributed by atoms with E-state index >= 15 is 0 Å². The second kappa shape index (κ2) is 11.0. The molecule has 0 unspecified atom stereocenters. The molecule has 0 heterocycles. The van der Waals surface area contributed by atoms with E-state index in [0.29, 0.717) is 17.9 Å². The SMILES string of the molecule is COc1ccc(CCC(=O)NCCNS(=O)(=O)c2cc(C)c(C)cc2OC)cc1OC. The number of nitrogens with one attached hydrogen (secondary N) is 2. The molecule has 0 bridgehead atoms. The standard InChI is InChI=1S/C22H30N2O6S/c1-15-12-20(30-5)21(13-16(15)2)31(26,27)24-11-10-23-22(25)9-7-17-6-8-18(28-3)19(14-17)29-4/h6,8,12-14,24H,7,9-11H2,1-5H3,(H,23,25). The van der Waals surface area contributed by atoms with Crippen LogP contribution in [0, 0.1) is 13.8 Å². The number of aryl methyl sites for hydroxylation is 3. The van der Waals surface area contributed by atoms with Crippen molar-refractivity contribution >= 4 is 15.9 Å². The molecule has 31 heavy (non-hydrogen) atoms. The molecule has 2 aromatic carbocycles. The van der Waals surface area contributed by atoms with Crippen molar-refractivity contribution in [2.75, 3.05) is 34.4 Å². The second-order valence-electron chi connectivity index (χ2n) is 7.02. The Bertz CT molecular complexity index is 1020. The number of hydrogen-bond donors (Lipinski definition) is 2. The lowest BCUT2D eigenvalue weighted by atomic mass is 10.1. The van der Waals surface area contributed by atoms with Crippen LogP contribution in [0.3, 0.4) is 0 Å². The molecule has 2 aromatic rings. The molecule has 170 valence electrons. The maximum atomic E-state index is 12.6. The third-order valence-electron chi connectivity index (χ3n) is 4.90. The third-order valence-corrected chi connectivity index (χ3v) is 6.38. The molecular formula is C22H30N2O6S. The molecule has 8 nitrogen and oxygen atoms in total. The average molecular weight is 451 g/mol. The van der Waals surface area contributed by atoms with E-state index in [1.807, 2.05) is 26.0 Å². The fourth-order valence-corrected chi connectivity index (χ4v) is 4.25. The van der Waals surface area contributed by atoms with Gasteiger partial charge in [0.2, 0.25) is 15.9 Å². The first-order chi connectivity index (χ1) is 14.7. The van der Waals surface area contributed by atoms with Crippen LogP contribution in [0.25, 0.3) is 0 Å². The lowest BCUT2D eigenvalue weighted by Gasteiger charge is -2.13. The van der Waals surface area contributed by atoms with Crippen LogP contribution in [0.2, 0.25) is 0 Å². The summed E-state index contributed by atoms with van der Waals surface area (Å²) in [4.78, 5) is 12.2. The van der Waals surface area contributed by atoms with Crippen molar-refractivity contribution in [3.8, 4) is 17.2 Å². The van der Waals surface area contributed by atoms with Gasteiger partial charge in [0.05, 0.1) is 21.3 Å². The number of ether oxygens (including phenoxy) is 3. The monoisotopic (exact) mass is 450 g/mol. The molecule has 0 aliphatic rings. The predicted molar refractivity (Wildman–Crippen MR) is 119 cm³/mol. The van der Waals surface area contributed by atoms with E-state index in [-0.39, 0.29) is 36.1 Å². The number of amides is 1. The van der Waals surface area contributed by atoms with Crippen molar-refractivity contribution in [1.82, 2.24) is 10.0 Å². The van der Waals surface area contributed by atoms with Crippen molar-refractivity contribution in [3.05, 3.63) is 47.0 Å². The molecule has 0 fully saturated rings. The van der Waals surface area contributed by atoms with Crippen molar-refractivity contribution in [2.24, 2.45) is 0 Å². The van der Waals surface area contributed by atoms with E-state index < -0.39 is 10.0 Å². The van der Waals surface area contributed by atoms with Crippen LogP contribution in [0.1, 0.15) is 23.1 Å². The fourth-order valence-electron chi connectivity index (χ4n) is 2.98. The highest BCUT2D eigenvalue weighted by atomic mass is 32.2. The molecule has 2 N–H and O–H groups in total. The summed E-state index contributed by atoms with van der Waals surface area (Å²) in [6.07, 6.45) is 0.797. The van der Waals surface area contributed by atoms with Crippen molar-refractivity contribution in [2.45, 2.75) is 31.6 Å². The maximum absolute atomic E-state index is 12.6. The molecule has 0 saturated carbocycles. The molecule has 9 heteroatoms. The largest absolute Gasteiger partial charge is 0.495 e. The van der Waals surface area contributed by atoms with Gasteiger partial charge in [-0.1, -0.05) is 6.07 Å². The summed E-state index contributed by atoms with van der Waals surface area (Å²) in [5, 5.41) is 2.72.